The quantitative estimate of drug-likeness (QED) is 0.263. The van der Waals surface area contributed by atoms with Gasteiger partial charge in [0.15, 0.2) is 4.75 Å². The maximum atomic E-state index is 14.8. The zero-order valence-corrected chi connectivity index (χ0v) is 22.8. The van der Waals surface area contributed by atoms with Crippen LogP contribution in [0.1, 0.15) is 41.4 Å². The van der Waals surface area contributed by atoms with Crippen LogP contribution in [0.2, 0.25) is 0 Å². The van der Waals surface area contributed by atoms with Gasteiger partial charge in [-0.2, -0.15) is 13.2 Å². The number of aromatic amines is 1. The lowest BCUT2D eigenvalue weighted by molar-refractivity contribution is -0.137. The van der Waals surface area contributed by atoms with E-state index < -0.39 is 61.9 Å². The van der Waals surface area contributed by atoms with Crippen molar-refractivity contribution in [2.75, 3.05) is 6.54 Å². The summed E-state index contributed by atoms with van der Waals surface area (Å²) in [6.45, 7) is 1.34. The van der Waals surface area contributed by atoms with Gasteiger partial charge < -0.3 is 14.9 Å². The first-order valence-electron chi connectivity index (χ1n) is 12.8. The van der Waals surface area contributed by atoms with Crippen molar-refractivity contribution in [2.24, 2.45) is 0 Å². The Balaban J connectivity index is 1.78. The highest BCUT2D eigenvalue weighted by molar-refractivity contribution is 7.92. The zero-order chi connectivity index (χ0) is 30.4. The lowest BCUT2D eigenvalue weighted by Gasteiger charge is -2.18. The van der Waals surface area contributed by atoms with Gasteiger partial charge in [0.25, 0.3) is 11.5 Å². The van der Waals surface area contributed by atoms with Gasteiger partial charge in [0.1, 0.15) is 11.5 Å². The summed E-state index contributed by atoms with van der Waals surface area (Å²) in [5.41, 5.74) is -2.80. The molecule has 0 bridgehead atoms. The number of hydrogen-bond donors (Lipinski definition) is 3. The molecule has 0 saturated heterocycles. The molecular formula is C28H24F4N4O5S. The number of fused-ring (bicyclic) bond motifs is 1. The minimum atomic E-state index is -4.79. The van der Waals surface area contributed by atoms with E-state index in [9.17, 15) is 40.4 Å². The number of halogens is 4. The third-order valence-corrected chi connectivity index (χ3v) is 9.25. The molecule has 1 aliphatic carbocycles. The molecule has 1 saturated carbocycles. The fraction of sp³-hybridized carbons (Fsp3) is 0.250. The van der Waals surface area contributed by atoms with Crippen LogP contribution in [0.4, 0.5) is 17.6 Å². The molecule has 9 nitrogen and oxygen atoms in total. The van der Waals surface area contributed by atoms with E-state index in [0.29, 0.717) is 0 Å². The number of carbonyl (C=O) groups is 2. The van der Waals surface area contributed by atoms with Gasteiger partial charge in [-0.1, -0.05) is 18.2 Å². The highest BCUT2D eigenvalue weighted by atomic mass is 32.2. The van der Waals surface area contributed by atoms with Gasteiger partial charge >= 0.3 is 6.18 Å². The highest BCUT2D eigenvalue weighted by Crippen LogP contribution is 2.44. The van der Waals surface area contributed by atoms with Crippen molar-refractivity contribution in [3.63, 3.8) is 0 Å². The third-order valence-electron chi connectivity index (χ3n) is 7.18. The smallest absolute Gasteiger partial charge is 0.355 e. The number of aromatic nitrogens is 2. The van der Waals surface area contributed by atoms with Crippen LogP contribution in [0.5, 0.6) is 0 Å². The number of nitrogens with zero attached hydrogens (tertiary/aromatic N) is 1. The van der Waals surface area contributed by atoms with Gasteiger partial charge in [-0.05, 0) is 56.2 Å². The molecule has 2 amide bonds. The molecule has 5 rings (SSSR count). The Hall–Kier alpha value is -4.46. The highest BCUT2D eigenvalue weighted by Gasteiger charge is 2.61. The van der Waals surface area contributed by atoms with Crippen LogP contribution in [-0.4, -0.2) is 41.1 Å². The number of H-pyrrole nitrogens is 1. The average molecular weight is 605 g/mol. The zero-order valence-electron chi connectivity index (χ0n) is 22.0. The van der Waals surface area contributed by atoms with E-state index in [-0.39, 0.29) is 47.0 Å². The minimum absolute atomic E-state index is 0.0110. The molecule has 2 aromatic heterocycles. The normalized spacial score (nSPS) is 14.5. The number of benzene rings is 2. The second kappa shape index (κ2) is 10.4. The van der Waals surface area contributed by atoms with E-state index >= 15 is 0 Å². The summed E-state index contributed by atoms with van der Waals surface area (Å²) in [4.78, 5) is 41.8. The summed E-state index contributed by atoms with van der Waals surface area (Å²) in [6, 6.07) is 10.7. The van der Waals surface area contributed by atoms with Crippen molar-refractivity contribution >= 4 is 32.7 Å². The largest absolute Gasteiger partial charge is 0.416 e. The fourth-order valence-electron chi connectivity index (χ4n) is 4.94. The van der Waals surface area contributed by atoms with Crippen LogP contribution in [-0.2, 0) is 27.5 Å². The molecule has 0 spiro atoms. The monoisotopic (exact) mass is 604 g/mol. The SMILES string of the molecule is CCNC(=O)C1(S(=O)(=O)NC(=O)c2c(-c3ccc[nH]c3=O)c3cc(C(F)(F)F)ccc3n2Cc2ccccc2F)CC1. The molecule has 14 heteroatoms. The molecule has 4 aromatic rings. The molecule has 3 N–H and O–H groups in total. The van der Waals surface area contributed by atoms with Gasteiger partial charge in [0.2, 0.25) is 15.9 Å². The lowest BCUT2D eigenvalue weighted by Crippen LogP contribution is -2.49. The van der Waals surface area contributed by atoms with Crippen LogP contribution in [0.3, 0.4) is 0 Å². The molecule has 1 aliphatic rings. The molecule has 2 heterocycles. The van der Waals surface area contributed by atoms with Crippen molar-refractivity contribution in [3.05, 3.63) is 93.8 Å². The van der Waals surface area contributed by atoms with Gasteiger partial charge in [-0.3, -0.25) is 14.4 Å². The van der Waals surface area contributed by atoms with Gasteiger partial charge in [0, 0.05) is 40.3 Å². The first-order chi connectivity index (χ1) is 19.8. The Morgan fingerprint density at radius 1 is 1.07 bits per heavy atom. The van der Waals surface area contributed by atoms with Crippen LogP contribution in [0.15, 0.2) is 65.6 Å². The van der Waals surface area contributed by atoms with E-state index in [2.05, 4.69) is 10.3 Å². The van der Waals surface area contributed by atoms with Crippen LogP contribution >= 0.6 is 0 Å². The van der Waals surface area contributed by atoms with Crippen LogP contribution in [0, 0.1) is 5.82 Å². The Labute approximate surface area is 236 Å². The molecule has 0 atom stereocenters. The number of rotatable bonds is 8. The van der Waals surface area contributed by atoms with Crippen molar-refractivity contribution in [2.45, 2.75) is 37.2 Å². The number of pyridine rings is 1. The van der Waals surface area contributed by atoms with Crippen LogP contribution < -0.4 is 15.6 Å². The van der Waals surface area contributed by atoms with Crippen molar-refractivity contribution < 1.29 is 35.6 Å². The molecular weight excluding hydrogens is 580 g/mol. The van der Waals surface area contributed by atoms with Crippen molar-refractivity contribution in [3.8, 4) is 11.1 Å². The molecule has 42 heavy (non-hydrogen) atoms. The minimum Gasteiger partial charge on any atom is -0.355 e. The summed E-state index contributed by atoms with van der Waals surface area (Å²) in [5, 5.41) is 2.25. The molecule has 220 valence electrons. The first-order valence-corrected chi connectivity index (χ1v) is 14.3. The molecule has 0 radical (unpaired) electrons. The number of hydrogen-bond acceptors (Lipinski definition) is 5. The Kier molecular flexibility index (Phi) is 7.21. The van der Waals surface area contributed by atoms with Crippen LogP contribution in [0.25, 0.3) is 22.0 Å². The maximum absolute atomic E-state index is 14.8. The Morgan fingerprint density at radius 3 is 2.40 bits per heavy atom. The van der Waals surface area contributed by atoms with Crippen molar-refractivity contribution in [1.29, 1.82) is 0 Å². The Morgan fingerprint density at radius 2 is 1.79 bits per heavy atom. The van der Waals surface area contributed by atoms with Gasteiger partial charge in [-0.25, -0.2) is 17.5 Å². The third kappa shape index (κ3) is 4.95. The predicted molar refractivity (Wildman–Crippen MR) is 146 cm³/mol. The molecule has 2 aromatic carbocycles. The number of carbonyl (C=O) groups excluding carboxylic acids is 2. The summed E-state index contributed by atoms with van der Waals surface area (Å²) in [5.74, 6) is -2.78. The lowest BCUT2D eigenvalue weighted by atomic mass is 10.0. The summed E-state index contributed by atoms with van der Waals surface area (Å²) >= 11 is 0. The van der Waals surface area contributed by atoms with E-state index in [0.717, 1.165) is 28.8 Å². The summed E-state index contributed by atoms with van der Waals surface area (Å²) in [6.07, 6.45) is -3.63. The standard InChI is InChI=1S/C28H24F4N4O5S/c1-2-33-26(39)27(11-12-27)42(40,41)35-25(38)23-22(18-7-5-13-34-24(18)37)19-14-17(28(30,31)32)9-10-21(19)36(23)15-16-6-3-4-8-20(16)29/h3-10,13-14H,2,11-12,15H2,1H3,(H,33,39)(H,34,37)(H,35,38). The van der Waals surface area contributed by atoms with E-state index in [4.69, 9.17) is 0 Å². The number of amides is 2. The second-order valence-corrected chi connectivity index (χ2v) is 11.8. The molecule has 0 aliphatic heterocycles. The van der Waals surface area contributed by atoms with Gasteiger partial charge in [-0.15, -0.1) is 0 Å². The number of sulfonamides is 1. The number of nitrogens with one attached hydrogen (secondary N) is 3. The average Bonchev–Trinajstić information content (AvgIpc) is 3.69. The molecule has 1 fully saturated rings. The number of alkyl halides is 3. The first kappa shape index (κ1) is 29.0. The topological polar surface area (TPSA) is 130 Å². The predicted octanol–water partition coefficient (Wildman–Crippen LogP) is 3.93. The Bertz CT molecular complexity index is 1890. The van der Waals surface area contributed by atoms with E-state index in [1.165, 1.54) is 36.5 Å². The summed E-state index contributed by atoms with van der Waals surface area (Å²) in [7, 11) is -4.66. The fourth-order valence-corrected chi connectivity index (χ4v) is 6.43. The summed E-state index contributed by atoms with van der Waals surface area (Å²) < 4.78 is 84.0. The van der Waals surface area contributed by atoms with E-state index in [1.54, 1.807) is 6.92 Å². The maximum Gasteiger partial charge on any atom is 0.416 e. The van der Waals surface area contributed by atoms with E-state index in [1.807, 2.05) is 4.72 Å². The van der Waals surface area contributed by atoms with Gasteiger partial charge in [0.05, 0.1) is 12.1 Å². The van der Waals surface area contributed by atoms with Crippen molar-refractivity contribution in [1.82, 2.24) is 19.6 Å². The molecule has 0 unspecified atom stereocenters. The second-order valence-electron chi connectivity index (χ2n) is 9.83.